The molecule has 2 N–H and O–H groups in total. The number of nitrogens with zero attached hydrogens (tertiary/aromatic N) is 2. The van der Waals surface area contributed by atoms with Gasteiger partial charge in [0.25, 0.3) is 0 Å². The Morgan fingerprint density at radius 3 is 2.86 bits per heavy atom. The zero-order valence-electron chi connectivity index (χ0n) is 8.16. The average molecular weight is 210 g/mol. The summed E-state index contributed by atoms with van der Waals surface area (Å²) in [5.41, 5.74) is 7.75. The largest absolute Gasteiger partial charge is 0.324 e. The molecule has 0 aliphatic rings. The molecule has 1 heterocycles. The van der Waals surface area contributed by atoms with E-state index in [0.717, 1.165) is 16.5 Å². The zero-order valence-corrected chi connectivity index (χ0v) is 8.92. The molecular formula is C10H12ClN3. The van der Waals surface area contributed by atoms with Gasteiger partial charge in [0.1, 0.15) is 5.15 Å². The van der Waals surface area contributed by atoms with Crippen molar-refractivity contribution in [1.29, 1.82) is 0 Å². The highest BCUT2D eigenvalue weighted by atomic mass is 35.5. The summed E-state index contributed by atoms with van der Waals surface area (Å²) in [6, 6.07) is 5.95. The van der Waals surface area contributed by atoms with Crippen LogP contribution in [0.4, 0.5) is 0 Å². The highest BCUT2D eigenvalue weighted by Gasteiger charge is 2.08. The van der Waals surface area contributed by atoms with Gasteiger partial charge in [-0.15, -0.1) is 0 Å². The summed E-state index contributed by atoms with van der Waals surface area (Å²) in [5, 5.41) is 5.92. The molecule has 1 atom stereocenters. The minimum absolute atomic E-state index is 0.0279. The number of aryl methyl sites for hydroxylation is 1. The molecule has 0 saturated heterocycles. The van der Waals surface area contributed by atoms with Crippen molar-refractivity contribution in [3.05, 3.63) is 28.9 Å². The molecular weight excluding hydrogens is 198 g/mol. The number of benzene rings is 1. The molecule has 0 saturated carbocycles. The van der Waals surface area contributed by atoms with Crippen molar-refractivity contribution in [3.63, 3.8) is 0 Å². The van der Waals surface area contributed by atoms with Gasteiger partial charge in [0.2, 0.25) is 0 Å². The second-order valence-corrected chi connectivity index (χ2v) is 3.84. The minimum Gasteiger partial charge on any atom is -0.324 e. The first-order valence-corrected chi connectivity index (χ1v) is 4.85. The molecule has 0 amide bonds. The first kappa shape index (κ1) is 9.49. The molecule has 14 heavy (non-hydrogen) atoms. The van der Waals surface area contributed by atoms with Crippen molar-refractivity contribution in [2.75, 3.05) is 0 Å². The van der Waals surface area contributed by atoms with Crippen LogP contribution >= 0.6 is 11.6 Å². The van der Waals surface area contributed by atoms with Gasteiger partial charge in [0.05, 0.1) is 5.52 Å². The van der Waals surface area contributed by atoms with Gasteiger partial charge in [-0.1, -0.05) is 17.7 Å². The summed E-state index contributed by atoms with van der Waals surface area (Å²) in [7, 11) is 1.83. The number of hydrogen-bond donors (Lipinski definition) is 1. The van der Waals surface area contributed by atoms with E-state index < -0.39 is 0 Å². The van der Waals surface area contributed by atoms with Gasteiger partial charge >= 0.3 is 0 Å². The number of hydrogen-bond acceptors (Lipinski definition) is 2. The molecule has 2 rings (SSSR count). The number of halogens is 1. The summed E-state index contributed by atoms with van der Waals surface area (Å²) >= 11 is 6.04. The van der Waals surface area contributed by atoms with Gasteiger partial charge in [0.15, 0.2) is 0 Å². The number of rotatable bonds is 1. The van der Waals surface area contributed by atoms with Gasteiger partial charge in [0, 0.05) is 18.5 Å². The Bertz CT molecular complexity index is 473. The summed E-state index contributed by atoms with van der Waals surface area (Å²) in [6.45, 7) is 1.95. The van der Waals surface area contributed by atoms with E-state index in [1.165, 1.54) is 0 Å². The molecule has 1 aromatic heterocycles. The topological polar surface area (TPSA) is 43.8 Å². The molecule has 0 radical (unpaired) electrons. The van der Waals surface area contributed by atoms with Crippen LogP contribution in [0, 0.1) is 0 Å². The Hall–Kier alpha value is -1.06. The van der Waals surface area contributed by atoms with Crippen LogP contribution in [0.15, 0.2) is 18.2 Å². The standard InChI is InChI=1S/C10H12ClN3/c1-6(12)7-3-4-8-9(5-7)13-14(2)10(8)11/h3-6H,12H2,1-2H3. The second-order valence-electron chi connectivity index (χ2n) is 3.48. The van der Waals surface area contributed by atoms with Gasteiger partial charge < -0.3 is 5.73 Å². The second kappa shape index (κ2) is 3.26. The predicted molar refractivity (Wildman–Crippen MR) is 58.3 cm³/mol. The zero-order chi connectivity index (χ0) is 10.3. The Balaban J connectivity index is 2.67. The maximum absolute atomic E-state index is 6.04. The van der Waals surface area contributed by atoms with Crippen molar-refractivity contribution in [2.45, 2.75) is 13.0 Å². The third-order valence-corrected chi connectivity index (χ3v) is 2.76. The molecule has 0 fully saturated rings. The van der Waals surface area contributed by atoms with Crippen LogP contribution < -0.4 is 5.73 Å². The van der Waals surface area contributed by atoms with Crippen LogP contribution in [0.25, 0.3) is 10.9 Å². The van der Waals surface area contributed by atoms with Gasteiger partial charge in [-0.2, -0.15) is 5.10 Å². The molecule has 0 spiro atoms. The number of fused-ring (bicyclic) bond motifs is 1. The average Bonchev–Trinajstić information content (AvgIpc) is 2.42. The van der Waals surface area contributed by atoms with Crippen LogP contribution in [-0.4, -0.2) is 9.78 Å². The molecule has 3 nitrogen and oxygen atoms in total. The molecule has 0 bridgehead atoms. The number of aromatic nitrogens is 2. The van der Waals surface area contributed by atoms with Crippen LogP contribution in [-0.2, 0) is 7.05 Å². The first-order valence-electron chi connectivity index (χ1n) is 4.47. The Morgan fingerprint density at radius 2 is 2.21 bits per heavy atom. The molecule has 2 aromatic rings. The maximum Gasteiger partial charge on any atom is 0.134 e. The van der Waals surface area contributed by atoms with Crippen molar-refractivity contribution in [3.8, 4) is 0 Å². The lowest BCUT2D eigenvalue weighted by Crippen LogP contribution is -2.04. The van der Waals surface area contributed by atoms with E-state index in [-0.39, 0.29) is 6.04 Å². The molecule has 1 aromatic carbocycles. The van der Waals surface area contributed by atoms with Crippen LogP contribution in [0.2, 0.25) is 5.15 Å². The third-order valence-electron chi connectivity index (χ3n) is 2.31. The highest BCUT2D eigenvalue weighted by molar-refractivity contribution is 6.34. The lowest BCUT2D eigenvalue weighted by molar-refractivity contribution is 0.779. The predicted octanol–water partition coefficient (Wildman–Crippen LogP) is 2.25. The van der Waals surface area contributed by atoms with Crippen LogP contribution in [0.3, 0.4) is 0 Å². The normalized spacial score (nSPS) is 13.4. The molecule has 74 valence electrons. The van der Waals surface area contributed by atoms with Crippen LogP contribution in [0.5, 0.6) is 0 Å². The highest BCUT2D eigenvalue weighted by Crippen LogP contribution is 2.24. The van der Waals surface area contributed by atoms with Gasteiger partial charge in [-0.05, 0) is 24.6 Å². The molecule has 1 unspecified atom stereocenters. The SMILES string of the molecule is CC(N)c1ccc2c(Cl)n(C)nc2c1. The van der Waals surface area contributed by atoms with E-state index in [2.05, 4.69) is 5.10 Å². The van der Waals surface area contributed by atoms with Gasteiger partial charge in [-0.3, -0.25) is 4.68 Å². The molecule has 0 aliphatic heterocycles. The van der Waals surface area contributed by atoms with E-state index in [0.29, 0.717) is 5.15 Å². The molecule has 0 aliphatic carbocycles. The monoisotopic (exact) mass is 209 g/mol. The third kappa shape index (κ3) is 1.38. The lowest BCUT2D eigenvalue weighted by atomic mass is 10.1. The van der Waals surface area contributed by atoms with Crippen molar-refractivity contribution in [2.24, 2.45) is 12.8 Å². The summed E-state index contributed by atoms with van der Waals surface area (Å²) in [5.74, 6) is 0. The van der Waals surface area contributed by atoms with E-state index in [4.69, 9.17) is 17.3 Å². The van der Waals surface area contributed by atoms with E-state index in [1.807, 2.05) is 32.2 Å². The van der Waals surface area contributed by atoms with Crippen molar-refractivity contribution in [1.82, 2.24) is 9.78 Å². The smallest absolute Gasteiger partial charge is 0.134 e. The fourth-order valence-corrected chi connectivity index (χ4v) is 1.67. The van der Waals surface area contributed by atoms with E-state index in [1.54, 1.807) is 4.68 Å². The Morgan fingerprint density at radius 1 is 1.50 bits per heavy atom. The van der Waals surface area contributed by atoms with Crippen molar-refractivity contribution < 1.29 is 0 Å². The fourth-order valence-electron chi connectivity index (χ4n) is 1.47. The quantitative estimate of drug-likeness (QED) is 0.783. The lowest BCUT2D eigenvalue weighted by Gasteiger charge is -2.03. The summed E-state index contributed by atoms with van der Waals surface area (Å²) in [4.78, 5) is 0. The summed E-state index contributed by atoms with van der Waals surface area (Å²) in [6.07, 6.45) is 0. The number of nitrogens with two attached hydrogens (primary N) is 1. The van der Waals surface area contributed by atoms with E-state index in [9.17, 15) is 0 Å². The van der Waals surface area contributed by atoms with E-state index >= 15 is 0 Å². The molecule has 4 heteroatoms. The maximum atomic E-state index is 6.04. The van der Waals surface area contributed by atoms with Gasteiger partial charge in [-0.25, -0.2) is 0 Å². The Kier molecular flexibility index (Phi) is 2.21. The first-order chi connectivity index (χ1) is 6.59. The van der Waals surface area contributed by atoms with Crippen LogP contribution in [0.1, 0.15) is 18.5 Å². The van der Waals surface area contributed by atoms with Crippen molar-refractivity contribution >= 4 is 22.5 Å². The fraction of sp³-hybridized carbons (Fsp3) is 0.300. The minimum atomic E-state index is 0.0279. The summed E-state index contributed by atoms with van der Waals surface area (Å²) < 4.78 is 1.66. The Labute approximate surface area is 87.5 Å².